The molecule has 2 aromatic rings. The predicted octanol–water partition coefficient (Wildman–Crippen LogP) is 4.19. The van der Waals surface area contributed by atoms with E-state index in [-0.39, 0.29) is 5.91 Å². The van der Waals surface area contributed by atoms with Crippen LogP contribution in [-0.2, 0) is 14.8 Å². The molecular formula is C18H20Cl2N2O4S. The van der Waals surface area contributed by atoms with Crippen molar-refractivity contribution in [2.24, 2.45) is 0 Å². The number of hydrogen-bond donors (Lipinski definition) is 1. The fourth-order valence-electron chi connectivity index (χ4n) is 2.22. The van der Waals surface area contributed by atoms with Crippen LogP contribution in [0.25, 0.3) is 0 Å². The number of carbonyl (C=O) groups is 1. The smallest absolute Gasteiger partial charge is 0.265 e. The Morgan fingerprint density at radius 2 is 1.81 bits per heavy atom. The van der Waals surface area contributed by atoms with E-state index in [0.717, 1.165) is 10.6 Å². The summed E-state index contributed by atoms with van der Waals surface area (Å²) in [5.74, 6) is 0.0823. The van der Waals surface area contributed by atoms with Crippen molar-refractivity contribution >= 4 is 50.5 Å². The fourth-order valence-corrected chi connectivity index (χ4v) is 3.06. The fraction of sp³-hybridized carbons (Fsp3) is 0.278. The van der Waals surface area contributed by atoms with Crippen molar-refractivity contribution in [1.82, 2.24) is 0 Å². The van der Waals surface area contributed by atoms with Crippen LogP contribution in [0, 0.1) is 0 Å². The largest absolute Gasteiger partial charge is 0.481 e. The Hall–Kier alpha value is -1.96. The number of benzene rings is 2. The lowest BCUT2D eigenvalue weighted by molar-refractivity contribution is -0.122. The quantitative estimate of drug-likeness (QED) is 0.714. The molecule has 0 bridgehead atoms. The molecule has 146 valence electrons. The zero-order valence-corrected chi connectivity index (χ0v) is 17.4. The van der Waals surface area contributed by atoms with E-state index in [0.29, 0.717) is 33.6 Å². The number of nitrogens with one attached hydrogen (secondary N) is 1. The van der Waals surface area contributed by atoms with Gasteiger partial charge in [0, 0.05) is 12.1 Å². The molecule has 0 aliphatic rings. The van der Waals surface area contributed by atoms with Gasteiger partial charge in [-0.3, -0.25) is 9.10 Å². The Bertz CT molecular complexity index is 917. The van der Waals surface area contributed by atoms with Crippen LogP contribution >= 0.6 is 23.2 Å². The van der Waals surface area contributed by atoms with E-state index >= 15 is 0 Å². The van der Waals surface area contributed by atoms with Crippen molar-refractivity contribution in [2.45, 2.75) is 19.4 Å². The third-order valence-electron chi connectivity index (χ3n) is 3.83. The first kappa shape index (κ1) is 21.3. The summed E-state index contributed by atoms with van der Waals surface area (Å²) in [5, 5.41) is 3.53. The van der Waals surface area contributed by atoms with E-state index in [1.54, 1.807) is 42.5 Å². The topological polar surface area (TPSA) is 75.7 Å². The lowest BCUT2D eigenvalue weighted by Gasteiger charge is -2.19. The zero-order chi connectivity index (χ0) is 20.2. The van der Waals surface area contributed by atoms with Crippen LogP contribution in [0.15, 0.2) is 42.5 Å². The Morgan fingerprint density at radius 3 is 2.37 bits per heavy atom. The summed E-state index contributed by atoms with van der Waals surface area (Å²) in [7, 11) is -1.89. The molecule has 1 atom stereocenters. The molecule has 0 aliphatic heterocycles. The number of amides is 1. The standard InChI is InChI=1S/C18H20Cl2N2O4S/c1-4-17(18(23)21-16-11-12(19)5-10-15(16)20)26-14-8-6-13(7-9-14)22(2)27(3,24)25/h5-11,17H,4H2,1-3H3,(H,21,23)/t17-/m0/s1. The Kier molecular flexibility index (Phi) is 6.97. The summed E-state index contributed by atoms with van der Waals surface area (Å²) < 4.78 is 30.0. The maximum Gasteiger partial charge on any atom is 0.265 e. The molecule has 1 amide bonds. The summed E-state index contributed by atoms with van der Waals surface area (Å²) >= 11 is 12.0. The van der Waals surface area contributed by atoms with Gasteiger partial charge in [0.05, 0.1) is 22.7 Å². The van der Waals surface area contributed by atoms with Crippen LogP contribution in [0.3, 0.4) is 0 Å². The molecule has 0 saturated heterocycles. The van der Waals surface area contributed by atoms with Gasteiger partial charge in [-0.25, -0.2) is 8.42 Å². The first-order valence-corrected chi connectivity index (χ1v) is 10.7. The third kappa shape index (κ3) is 5.76. The lowest BCUT2D eigenvalue weighted by Crippen LogP contribution is -2.32. The van der Waals surface area contributed by atoms with Crippen molar-refractivity contribution < 1.29 is 17.9 Å². The molecule has 2 aromatic carbocycles. The predicted molar refractivity (Wildman–Crippen MR) is 109 cm³/mol. The second kappa shape index (κ2) is 8.82. The Balaban J connectivity index is 2.10. The van der Waals surface area contributed by atoms with Crippen molar-refractivity contribution in [3.8, 4) is 5.75 Å². The highest BCUT2D eigenvalue weighted by atomic mass is 35.5. The summed E-state index contributed by atoms with van der Waals surface area (Å²) in [5.41, 5.74) is 0.898. The number of ether oxygens (including phenoxy) is 1. The van der Waals surface area contributed by atoms with Crippen molar-refractivity contribution in [1.29, 1.82) is 0 Å². The molecule has 6 nitrogen and oxygen atoms in total. The first-order chi connectivity index (χ1) is 12.6. The van der Waals surface area contributed by atoms with Gasteiger partial charge < -0.3 is 10.1 Å². The highest BCUT2D eigenvalue weighted by molar-refractivity contribution is 7.92. The van der Waals surface area contributed by atoms with Gasteiger partial charge in [-0.1, -0.05) is 30.1 Å². The van der Waals surface area contributed by atoms with Gasteiger partial charge in [0.2, 0.25) is 10.0 Å². The van der Waals surface area contributed by atoms with Gasteiger partial charge in [-0.15, -0.1) is 0 Å². The zero-order valence-electron chi connectivity index (χ0n) is 15.1. The van der Waals surface area contributed by atoms with E-state index in [1.165, 1.54) is 7.05 Å². The Morgan fingerprint density at radius 1 is 1.19 bits per heavy atom. The highest BCUT2D eigenvalue weighted by Crippen LogP contribution is 2.26. The number of anilines is 2. The average Bonchev–Trinajstić information content (AvgIpc) is 2.61. The number of hydrogen-bond acceptors (Lipinski definition) is 4. The molecule has 0 unspecified atom stereocenters. The molecule has 0 aromatic heterocycles. The summed E-state index contributed by atoms with van der Waals surface area (Å²) in [6, 6.07) is 11.2. The molecule has 0 heterocycles. The van der Waals surface area contributed by atoms with Crippen LogP contribution in [-0.4, -0.2) is 33.7 Å². The molecule has 0 aliphatic carbocycles. The lowest BCUT2D eigenvalue weighted by atomic mass is 10.2. The van der Waals surface area contributed by atoms with Gasteiger partial charge in [0.15, 0.2) is 6.10 Å². The first-order valence-electron chi connectivity index (χ1n) is 8.08. The number of sulfonamides is 1. The van der Waals surface area contributed by atoms with Gasteiger partial charge in [-0.2, -0.15) is 0 Å². The molecule has 9 heteroatoms. The van der Waals surface area contributed by atoms with E-state index in [2.05, 4.69) is 5.32 Å². The minimum absolute atomic E-state index is 0.362. The highest BCUT2D eigenvalue weighted by Gasteiger charge is 2.20. The Labute approximate surface area is 169 Å². The van der Waals surface area contributed by atoms with Crippen LogP contribution in [0.1, 0.15) is 13.3 Å². The number of carbonyl (C=O) groups excluding carboxylic acids is 1. The van der Waals surface area contributed by atoms with Gasteiger partial charge >= 0.3 is 0 Å². The maximum atomic E-state index is 12.5. The molecule has 0 fully saturated rings. The van der Waals surface area contributed by atoms with Crippen LogP contribution in [0.5, 0.6) is 5.75 Å². The van der Waals surface area contributed by atoms with Crippen LogP contribution in [0.2, 0.25) is 10.0 Å². The molecule has 0 saturated carbocycles. The van der Waals surface area contributed by atoms with Crippen molar-refractivity contribution in [3.63, 3.8) is 0 Å². The summed E-state index contributed by atoms with van der Waals surface area (Å²) in [6.45, 7) is 1.82. The van der Waals surface area contributed by atoms with Crippen molar-refractivity contribution in [2.75, 3.05) is 22.9 Å². The molecule has 27 heavy (non-hydrogen) atoms. The maximum absolute atomic E-state index is 12.5. The van der Waals surface area contributed by atoms with E-state index < -0.39 is 16.1 Å². The molecular weight excluding hydrogens is 411 g/mol. The molecule has 0 radical (unpaired) electrons. The van der Waals surface area contributed by atoms with Gasteiger partial charge in [0.1, 0.15) is 5.75 Å². The monoisotopic (exact) mass is 430 g/mol. The summed E-state index contributed by atoms with van der Waals surface area (Å²) in [4.78, 5) is 12.5. The van der Waals surface area contributed by atoms with Crippen LogP contribution < -0.4 is 14.4 Å². The van der Waals surface area contributed by atoms with Crippen LogP contribution in [0.4, 0.5) is 11.4 Å². The molecule has 1 N–H and O–H groups in total. The minimum atomic E-state index is -3.35. The minimum Gasteiger partial charge on any atom is -0.481 e. The van der Waals surface area contributed by atoms with Gasteiger partial charge in [0.25, 0.3) is 5.91 Å². The van der Waals surface area contributed by atoms with E-state index in [9.17, 15) is 13.2 Å². The van der Waals surface area contributed by atoms with Gasteiger partial charge in [-0.05, 0) is 48.9 Å². The number of nitrogens with zero attached hydrogens (tertiary/aromatic N) is 1. The van der Waals surface area contributed by atoms with Crippen molar-refractivity contribution in [3.05, 3.63) is 52.5 Å². The average molecular weight is 431 g/mol. The van der Waals surface area contributed by atoms with E-state index in [4.69, 9.17) is 27.9 Å². The summed E-state index contributed by atoms with van der Waals surface area (Å²) in [6.07, 6.45) is 0.795. The SMILES string of the molecule is CC[C@H](Oc1ccc(N(C)S(C)(=O)=O)cc1)C(=O)Nc1cc(Cl)ccc1Cl. The second-order valence-electron chi connectivity index (χ2n) is 5.85. The second-order valence-corrected chi connectivity index (χ2v) is 8.71. The number of halogens is 2. The van der Waals surface area contributed by atoms with E-state index in [1.807, 2.05) is 6.92 Å². The molecule has 2 rings (SSSR count). The number of rotatable bonds is 7. The normalized spacial score (nSPS) is 12.3. The molecule has 0 spiro atoms. The third-order valence-corrected chi connectivity index (χ3v) is 5.60.